The van der Waals surface area contributed by atoms with E-state index in [1.54, 1.807) is 4.88 Å². The molecule has 1 N–H and O–H groups in total. The quantitative estimate of drug-likeness (QED) is 0.902. The summed E-state index contributed by atoms with van der Waals surface area (Å²) in [6, 6.07) is 0. The molecule has 1 aromatic rings. The molecule has 0 spiro atoms. The molecule has 0 amide bonds. The largest absolute Gasteiger partial charge is 0.305 e. The summed E-state index contributed by atoms with van der Waals surface area (Å²) in [5.74, 6) is 0. The van der Waals surface area contributed by atoms with E-state index < -0.39 is 0 Å². The average molecular weight is 278 g/mol. The lowest BCUT2D eigenvalue weighted by Crippen LogP contribution is -2.55. The van der Waals surface area contributed by atoms with E-state index in [1.807, 2.05) is 11.3 Å². The van der Waals surface area contributed by atoms with Crippen LogP contribution < -0.4 is 5.32 Å². The van der Waals surface area contributed by atoms with Crippen LogP contribution in [-0.2, 0) is 18.4 Å². The van der Waals surface area contributed by atoms with Crippen molar-refractivity contribution in [2.24, 2.45) is 5.41 Å². The highest BCUT2D eigenvalue weighted by Crippen LogP contribution is 2.51. The molecule has 2 aliphatic rings. The molecule has 1 unspecified atom stereocenters. The van der Waals surface area contributed by atoms with Crippen LogP contribution >= 0.6 is 11.3 Å². The molecule has 0 aliphatic heterocycles. The molecule has 2 nitrogen and oxygen atoms in total. The Morgan fingerprint density at radius 3 is 2.63 bits per heavy atom. The first kappa shape index (κ1) is 13.6. The van der Waals surface area contributed by atoms with Gasteiger partial charge in [-0.1, -0.05) is 33.6 Å². The Bertz CT molecular complexity index is 438. The lowest BCUT2D eigenvalue weighted by atomic mass is 9.63. The predicted molar refractivity (Wildman–Crippen MR) is 81.7 cm³/mol. The summed E-state index contributed by atoms with van der Waals surface area (Å²) in [6.07, 6.45) is 9.03. The second-order valence-corrected chi connectivity index (χ2v) is 7.85. The molecule has 1 atom stereocenters. The zero-order valence-electron chi connectivity index (χ0n) is 12.5. The van der Waals surface area contributed by atoms with Crippen LogP contribution in [0.1, 0.15) is 68.5 Å². The van der Waals surface area contributed by atoms with Gasteiger partial charge in [0.15, 0.2) is 0 Å². The van der Waals surface area contributed by atoms with E-state index in [4.69, 9.17) is 4.98 Å². The van der Waals surface area contributed by atoms with Gasteiger partial charge in [-0.2, -0.15) is 0 Å². The van der Waals surface area contributed by atoms with Crippen molar-refractivity contribution in [2.75, 3.05) is 6.54 Å². The Kier molecular flexibility index (Phi) is 3.46. The number of nitrogens with zero attached hydrogens (tertiary/aromatic N) is 1. The summed E-state index contributed by atoms with van der Waals surface area (Å²) in [7, 11) is 0. The van der Waals surface area contributed by atoms with Gasteiger partial charge in [-0.15, -0.1) is 11.3 Å². The second kappa shape index (κ2) is 4.85. The van der Waals surface area contributed by atoms with Gasteiger partial charge < -0.3 is 5.32 Å². The molecular formula is C16H26N2S. The third-order valence-electron chi connectivity index (χ3n) is 5.20. The van der Waals surface area contributed by atoms with Crippen molar-refractivity contribution in [3.8, 4) is 0 Å². The molecule has 3 heteroatoms. The summed E-state index contributed by atoms with van der Waals surface area (Å²) >= 11 is 2.00. The average Bonchev–Trinajstić information content (AvgIpc) is 2.92. The van der Waals surface area contributed by atoms with Crippen molar-refractivity contribution < 1.29 is 0 Å². The van der Waals surface area contributed by atoms with Crippen LogP contribution in [0.15, 0.2) is 0 Å². The molecule has 0 saturated heterocycles. The fourth-order valence-corrected chi connectivity index (χ4v) is 5.51. The summed E-state index contributed by atoms with van der Waals surface area (Å²) in [6.45, 7) is 8.13. The van der Waals surface area contributed by atoms with Crippen LogP contribution in [0, 0.1) is 5.41 Å². The summed E-state index contributed by atoms with van der Waals surface area (Å²) in [5.41, 5.74) is 1.83. The number of fused-ring (bicyclic) bond motifs is 1. The molecule has 1 fully saturated rings. The van der Waals surface area contributed by atoms with Gasteiger partial charge in [-0.25, -0.2) is 4.98 Å². The fraction of sp³-hybridized carbons (Fsp3) is 0.812. The number of aromatic nitrogens is 1. The maximum Gasteiger partial charge on any atom is 0.114 e. The molecule has 1 heterocycles. The Labute approximate surface area is 121 Å². The highest BCUT2D eigenvalue weighted by molar-refractivity contribution is 7.12. The van der Waals surface area contributed by atoms with Crippen LogP contribution in [0.2, 0.25) is 0 Å². The van der Waals surface area contributed by atoms with Gasteiger partial charge in [0.2, 0.25) is 0 Å². The Balaban J connectivity index is 2.03. The van der Waals surface area contributed by atoms with Crippen molar-refractivity contribution in [2.45, 2.75) is 71.3 Å². The molecule has 0 bridgehead atoms. The van der Waals surface area contributed by atoms with Crippen LogP contribution in [-0.4, -0.2) is 11.5 Å². The normalized spacial score (nSPS) is 29.4. The van der Waals surface area contributed by atoms with E-state index >= 15 is 0 Å². The molecule has 3 rings (SSSR count). The Hall–Kier alpha value is -0.410. The molecule has 0 radical (unpaired) electrons. The summed E-state index contributed by atoms with van der Waals surface area (Å²) in [5, 5.41) is 5.22. The maximum absolute atomic E-state index is 5.06. The first-order valence-electron chi connectivity index (χ1n) is 7.83. The number of thiazole rings is 1. The molecule has 1 saturated carbocycles. The molecule has 0 aromatic carbocycles. The maximum atomic E-state index is 5.06. The first-order valence-corrected chi connectivity index (χ1v) is 8.65. The highest BCUT2D eigenvalue weighted by atomic mass is 32.1. The van der Waals surface area contributed by atoms with Gasteiger partial charge >= 0.3 is 0 Å². The highest BCUT2D eigenvalue weighted by Gasteiger charge is 2.49. The minimum absolute atomic E-state index is 0.120. The second-order valence-electron chi connectivity index (χ2n) is 6.77. The molecule has 106 valence electrons. The van der Waals surface area contributed by atoms with Crippen LogP contribution in [0.25, 0.3) is 0 Å². The van der Waals surface area contributed by atoms with Crippen molar-refractivity contribution in [1.82, 2.24) is 10.3 Å². The third kappa shape index (κ3) is 2.06. The van der Waals surface area contributed by atoms with Crippen molar-refractivity contribution in [1.29, 1.82) is 0 Å². The van der Waals surface area contributed by atoms with E-state index in [0.29, 0.717) is 5.41 Å². The third-order valence-corrected chi connectivity index (χ3v) is 6.52. The number of aryl methyl sites for hydroxylation is 2. The number of hydrogen-bond acceptors (Lipinski definition) is 3. The van der Waals surface area contributed by atoms with E-state index in [2.05, 4.69) is 26.1 Å². The van der Waals surface area contributed by atoms with E-state index in [1.165, 1.54) is 55.6 Å². The Morgan fingerprint density at radius 1 is 1.16 bits per heavy atom. The smallest absolute Gasteiger partial charge is 0.114 e. The number of nitrogens with one attached hydrogen (secondary N) is 1. The lowest BCUT2D eigenvalue weighted by molar-refractivity contribution is 0.0607. The minimum atomic E-state index is 0.120. The summed E-state index contributed by atoms with van der Waals surface area (Å²) in [4.78, 5) is 6.62. The fourth-order valence-electron chi connectivity index (χ4n) is 3.98. The zero-order valence-corrected chi connectivity index (χ0v) is 13.3. The van der Waals surface area contributed by atoms with Gasteiger partial charge in [0, 0.05) is 4.88 Å². The minimum Gasteiger partial charge on any atom is -0.305 e. The SMILES string of the molecule is CCNC1(c2nc3c(s2)CCC3)CCCCC1(C)C. The van der Waals surface area contributed by atoms with Gasteiger partial charge in [0.25, 0.3) is 0 Å². The van der Waals surface area contributed by atoms with Crippen LogP contribution in [0.3, 0.4) is 0 Å². The molecule has 2 aliphatic carbocycles. The van der Waals surface area contributed by atoms with Gasteiger partial charge in [0.05, 0.1) is 11.2 Å². The number of rotatable bonds is 3. The zero-order chi connectivity index (χ0) is 13.5. The monoisotopic (exact) mass is 278 g/mol. The van der Waals surface area contributed by atoms with E-state index in [0.717, 1.165) is 6.54 Å². The van der Waals surface area contributed by atoms with Crippen molar-refractivity contribution in [3.63, 3.8) is 0 Å². The first-order chi connectivity index (χ1) is 9.09. The van der Waals surface area contributed by atoms with E-state index in [9.17, 15) is 0 Å². The van der Waals surface area contributed by atoms with Crippen molar-refractivity contribution in [3.05, 3.63) is 15.6 Å². The van der Waals surface area contributed by atoms with Crippen LogP contribution in [0.5, 0.6) is 0 Å². The van der Waals surface area contributed by atoms with Gasteiger partial charge in [-0.3, -0.25) is 0 Å². The summed E-state index contributed by atoms with van der Waals surface area (Å²) < 4.78 is 0. The lowest BCUT2D eigenvalue weighted by Gasteiger charge is -2.49. The van der Waals surface area contributed by atoms with Crippen molar-refractivity contribution >= 4 is 11.3 Å². The molecule has 19 heavy (non-hydrogen) atoms. The van der Waals surface area contributed by atoms with E-state index in [-0.39, 0.29) is 5.54 Å². The molecule has 1 aromatic heterocycles. The predicted octanol–water partition coefficient (Wildman–Crippen LogP) is 4.04. The topological polar surface area (TPSA) is 24.9 Å². The number of hydrogen-bond donors (Lipinski definition) is 1. The Morgan fingerprint density at radius 2 is 1.95 bits per heavy atom. The molecular weight excluding hydrogens is 252 g/mol. The van der Waals surface area contributed by atoms with Crippen LogP contribution in [0.4, 0.5) is 0 Å². The van der Waals surface area contributed by atoms with Gasteiger partial charge in [0.1, 0.15) is 5.01 Å². The standard InChI is InChI=1S/C16H26N2S/c1-4-17-16(11-6-5-10-15(16,2)3)14-18-12-8-7-9-13(12)19-14/h17H,4-11H2,1-3H3. The van der Waals surface area contributed by atoms with Gasteiger partial charge in [-0.05, 0) is 44.1 Å².